The largest absolute Gasteiger partial charge is 0.381 e. The lowest BCUT2D eigenvalue weighted by molar-refractivity contribution is 0.0767. The third-order valence-corrected chi connectivity index (χ3v) is 5.01. The Hall–Kier alpha value is -0.910. The van der Waals surface area contributed by atoms with Crippen LogP contribution in [0.1, 0.15) is 13.3 Å². The highest BCUT2D eigenvalue weighted by Crippen LogP contribution is 2.34. The molecule has 2 N–H and O–H groups in total. The summed E-state index contributed by atoms with van der Waals surface area (Å²) in [5.74, 6) is 0.996. The molecule has 1 saturated heterocycles. The summed E-state index contributed by atoms with van der Waals surface area (Å²) in [4.78, 5) is 0. The number of hydrogen-bond acceptors (Lipinski definition) is 4. The normalized spacial score (nSPS) is 20.1. The van der Waals surface area contributed by atoms with Gasteiger partial charge in [0.05, 0.1) is 27.9 Å². The second kappa shape index (κ2) is 4.99. The smallest absolute Gasteiger partial charge is 0.159 e. The molecule has 2 heterocycles. The zero-order valence-electron chi connectivity index (χ0n) is 9.97. The molecule has 0 bridgehead atoms. The highest BCUT2D eigenvalue weighted by atomic mass is 79.9. The van der Waals surface area contributed by atoms with E-state index >= 15 is 0 Å². The maximum Gasteiger partial charge on any atom is 0.159 e. The molecule has 0 amide bonds. The van der Waals surface area contributed by atoms with E-state index < -0.39 is 16.5 Å². The Balaban J connectivity index is 2.21. The molecule has 2 rings (SSSR count). The minimum Gasteiger partial charge on any atom is -0.381 e. The van der Waals surface area contributed by atoms with Crippen molar-refractivity contribution in [1.29, 1.82) is 5.26 Å². The lowest BCUT2D eigenvalue weighted by atomic mass is 9.89. The van der Waals surface area contributed by atoms with Gasteiger partial charge in [0, 0.05) is 25.0 Å². The van der Waals surface area contributed by atoms with Gasteiger partial charge in [-0.05, 0) is 15.9 Å². The SMILES string of the molecule is CCS(=O)N1CC(CC#N)(n2cc(Br)c(N)n2)C1. The molecule has 0 spiro atoms. The Morgan fingerprint density at radius 2 is 2.39 bits per heavy atom. The molecule has 1 unspecified atom stereocenters. The van der Waals surface area contributed by atoms with Gasteiger partial charge < -0.3 is 5.73 Å². The van der Waals surface area contributed by atoms with Gasteiger partial charge in [-0.25, -0.2) is 8.51 Å². The van der Waals surface area contributed by atoms with Crippen LogP contribution in [-0.4, -0.2) is 37.1 Å². The molecule has 1 fully saturated rings. The zero-order valence-corrected chi connectivity index (χ0v) is 12.4. The molecular formula is C10H14BrN5OS. The first kappa shape index (κ1) is 13.5. The number of aromatic nitrogens is 2. The highest BCUT2D eigenvalue weighted by molar-refractivity contribution is 9.10. The van der Waals surface area contributed by atoms with E-state index in [0.717, 1.165) is 4.47 Å². The number of rotatable bonds is 4. The van der Waals surface area contributed by atoms with Crippen molar-refractivity contribution in [2.75, 3.05) is 24.6 Å². The minimum absolute atomic E-state index is 0.331. The highest BCUT2D eigenvalue weighted by Gasteiger charge is 2.47. The second-order valence-electron chi connectivity index (χ2n) is 4.27. The Labute approximate surface area is 116 Å². The molecule has 0 aromatic carbocycles. The van der Waals surface area contributed by atoms with E-state index in [1.165, 1.54) is 0 Å². The van der Waals surface area contributed by atoms with Gasteiger partial charge in [0.15, 0.2) is 5.82 Å². The summed E-state index contributed by atoms with van der Waals surface area (Å²) < 4.78 is 16.0. The van der Waals surface area contributed by atoms with E-state index in [0.29, 0.717) is 31.1 Å². The molecule has 1 aromatic rings. The average Bonchev–Trinajstić information content (AvgIpc) is 2.63. The summed E-state index contributed by atoms with van der Waals surface area (Å²) >= 11 is 3.31. The molecule has 0 saturated carbocycles. The number of nitrogens with zero attached hydrogens (tertiary/aromatic N) is 4. The fourth-order valence-corrected chi connectivity index (χ4v) is 3.44. The third kappa shape index (κ3) is 2.18. The lowest BCUT2D eigenvalue weighted by Gasteiger charge is -2.47. The Kier molecular flexibility index (Phi) is 3.75. The molecule has 8 heteroatoms. The van der Waals surface area contributed by atoms with Crippen LogP contribution in [0.3, 0.4) is 0 Å². The first-order valence-corrected chi connectivity index (χ1v) is 7.61. The standard InChI is InChI=1S/C10H14BrN5OS/c1-2-18(17)15-6-10(7-15,3-4-12)16-5-8(11)9(13)14-16/h5H,2-3,6-7H2,1H3,(H2,13,14). The topological polar surface area (TPSA) is 87.9 Å². The van der Waals surface area contributed by atoms with Crippen LogP contribution in [0.5, 0.6) is 0 Å². The van der Waals surface area contributed by atoms with Crippen LogP contribution in [0.4, 0.5) is 5.82 Å². The van der Waals surface area contributed by atoms with Crippen molar-refractivity contribution in [1.82, 2.24) is 14.1 Å². The van der Waals surface area contributed by atoms with Gasteiger partial charge in [0.2, 0.25) is 0 Å². The summed E-state index contributed by atoms with van der Waals surface area (Å²) in [6.45, 7) is 3.01. The fourth-order valence-electron chi connectivity index (χ4n) is 2.03. The van der Waals surface area contributed by atoms with Crippen LogP contribution in [0.2, 0.25) is 0 Å². The van der Waals surface area contributed by atoms with Gasteiger partial charge in [-0.15, -0.1) is 0 Å². The summed E-state index contributed by atoms with van der Waals surface area (Å²) in [5.41, 5.74) is 5.29. The lowest BCUT2D eigenvalue weighted by Crippen LogP contribution is -2.63. The minimum atomic E-state index is -0.968. The van der Waals surface area contributed by atoms with E-state index in [1.807, 2.05) is 11.2 Å². The number of nitrogen functional groups attached to an aromatic ring is 1. The molecular weight excluding hydrogens is 318 g/mol. The second-order valence-corrected chi connectivity index (χ2v) is 6.87. The van der Waals surface area contributed by atoms with Crippen molar-refractivity contribution in [2.24, 2.45) is 0 Å². The number of hydrogen-bond donors (Lipinski definition) is 1. The Morgan fingerprint density at radius 1 is 1.72 bits per heavy atom. The first-order chi connectivity index (χ1) is 8.52. The first-order valence-electron chi connectivity index (χ1n) is 5.54. The van der Waals surface area contributed by atoms with Crippen molar-refractivity contribution >= 4 is 32.7 Å². The zero-order chi connectivity index (χ0) is 13.3. The monoisotopic (exact) mass is 331 g/mol. The molecule has 1 aromatic heterocycles. The summed E-state index contributed by atoms with van der Waals surface area (Å²) in [7, 11) is -0.968. The number of nitrogens with two attached hydrogens (primary N) is 1. The summed E-state index contributed by atoms with van der Waals surface area (Å²) in [6, 6.07) is 2.17. The summed E-state index contributed by atoms with van der Waals surface area (Å²) in [6.07, 6.45) is 2.11. The van der Waals surface area contributed by atoms with Crippen molar-refractivity contribution in [3.8, 4) is 6.07 Å². The number of halogens is 1. The predicted molar refractivity (Wildman–Crippen MR) is 72.8 cm³/mol. The van der Waals surface area contributed by atoms with Gasteiger partial charge in [0.1, 0.15) is 5.54 Å². The number of anilines is 1. The van der Waals surface area contributed by atoms with Crippen LogP contribution in [0, 0.1) is 11.3 Å². The van der Waals surface area contributed by atoms with E-state index in [9.17, 15) is 4.21 Å². The van der Waals surface area contributed by atoms with Gasteiger partial charge in [-0.2, -0.15) is 10.4 Å². The van der Waals surface area contributed by atoms with Crippen molar-refractivity contribution in [2.45, 2.75) is 18.9 Å². The quantitative estimate of drug-likeness (QED) is 0.885. The van der Waals surface area contributed by atoms with Gasteiger partial charge >= 0.3 is 0 Å². The maximum atomic E-state index is 11.7. The van der Waals surface area contributed by atoms with Gasteiger partial charge in [0.25, 0.3) is 0 Å². The Bertz CT molecular complexity index is 497. The van der Waals surface area contributed by atoms with Crippen molar-refractivity contribution < 1.29 is 4.21 Å². The van der Waals surface area contributed by atoms with Crippen LogP contribution >= 0.6 is 15.9 Å². The van der Waals surface area contributed by atoms with Crippen LogP contribution in [0.15, 0.2) is 10.7 Å². The van der Waals surface area contributed by atoms with E-state index in [-0.39, 0.29) is 0 Å². The fraction of sp³-hybridized carbons (Fsp3) is 0.600. The molecule has 18 heavy (non-hydrogen) atoms. The van der Waals surface area contributed by atoms with E-state index in [1.54, 1.807) is 10.9 Å². The molecule has 98 valence electrons. The predicted octanol–water partition coefficient (Wildman–Crippen LogP) is 0.836. The molecule has 0 aliphatic carbocycles. The van der Waals surface area contributed by atoms with Gasteiger partial charge in [-0.3, -0.25) is 4.68 Å². The van der Waals surface area contributed by atoms with Gasteiger partial charge in [-0.1, -0.05) is 6.92 Å². The maximum absolute atomic E-state index is 11.7. The molecule has 1 atom stereocenters. The van der Waals surface area contributed by atoms with Crippen LogP contribution < -0.4 is 5.73 Å². The molecule has 1 aliphatic rings. The van der Waals surface area contributed by atoms with Crippen molar-refractivity contribution in [3.05, 3.63) is 10.7 Å². The van der Waals surface area contributed by atoms with E-state index in [2.05, 4.69) is 27.1 Å². The van der Waals surface area contributed by atoms with Crippen LogP contribution in [-0.2, 0) is 16.5 Å². The Morgan fingerprint density at radius 3 is 2.83 bits per heavy atom. The number of nitriles is 1. The average molecular weight is 332 g/mol. The molecule has 6 nitrogen and oxygen atoms in total. The third-order valence-electron chi connectivity index (χ3n) is 3.07. The molecule has 0 radical (unpaired) electrons. The van der Waals surface area contributed by atoms with E-state index in [4.69, 9.17) is 11.0 Å². The van der Waals surface area contributed by atoms with Crippen LogP contribution in [0.25, 0.3) is 0 Å². The summed E-state index contributed by atoms with van der Waals surface area (Å²) in [5, 5.41) is 13.2. The molecule has 1 aliphatic heterocycles. The van der Waals surface area contributed by atoms with Crippen molar-refractivity contribution in [3.63, 3.8) is 0 Å².